The average molecular weight is 369 g/mol. The molecule has 0 aliphatic carbocycles. The zero-order chi connectivity index (χ0) is 17.8. The molecule has 0 bridgehead atoms. The van der Waals surface area contributed by atoms with Crippen molar-refractivity contribution >= 4 is 17.2 Å². The van der Waals surface area contributed by atoms with Gasteiger partial charge < -0.3 is 9.84 Å². The van der Waals surface area contributed by atoms with Crippen LogP contribution in [0.25, 0.3) is 10.8 Å². The molecule has 0 unspecified atom stereocenters. The quantitative estimate of drug-likeness (QED) is 0.719. The van der Waals surface area contributed by atoms with Crippen LogP contribution < -0.4 is 5.32 Å². The van der Waals surface area contributed by atoms with Crippen LogP contribution in [0.3, 0.4) is 0 Å². The smallest absolute Gasteiger partial charge is 0.268 e. The highest BCUT2D eigenvalue weighted by Gasteiger charge is 2.29. The zero-order valence-electron chi connectivity index (χ0n) is 14.2. The minimum absolute atomic E-state index is 0.0672. The summed E-state index contributed by atoms with van der Waals surface area (Å²) in [5, 5.41) is 8.85. The summed E-state index contributed by atoms with van der Waals surface area (Å²) in [6.45, 7) is 2.06. The van der Waals surface area contributed by atoms with Gasteiger partial charge in [0.2, 0.25) is 5.91 Å². The standard InChI is InChI=1S/C18H19N5O2S/c24-17(16(23-8-1-2-9-23)13-5-3-7-19-11-13)20-12-15-21-18(25-22-15)14-6-4-10-26-14/h3-7,10-11,16H,1-2,8-9,12H2,(H,20,24)/t16-/m1/s1. The summed E-state index contributed by atoms with van der Waals surface area (Å²) in [5.74, 6) is 0.878. The predicted octanol–water partition coefficient (Wildman–Crippen LogP) is 2.65. The van der Waals surface area contributed by atoms with Gasteiger partial charge in [-0.3, -0.25) is 14.7 Å². The molecule has 0 aromatic carbocycles. The van der Waals surface area contributed by atoms with Gasteiger partial charge in [-0.2, -0.15) is 4.98 Å². The Kier molecular flexibility index (Phi) is 5.03. The predicted molar refractivity (Wildman–Crippen MR) is 97.2 cm³/mol. The van der Waals surface area contributed by atoms with Crippen LogP contribution >= 0.6 is 11.3 Å². The normalized spacial score (nSPS) is 15.8. The number of amides is 1. The number of aromatic nitrogens is 3. The summed E-state index contributed by atoms with van der Waals surface area (Å²) in [4.78, 5) is 24.5. The number of carbonyl (C=O) groups is 1. The lowest BCUT2D eigenvalue weighted by Crippen LogP contribution is -2.39. The molecule has 26 heavy (non-hydrogen) atoms. The fourth-order valence-corrected chi connectivity index (χ4v) is 3.80. The largest absolute Gasteiger partial charge is 0.347 e. The molecule has 0 radical (unpaired) electrons. The van der Waals surface area contributed by atoms with Gasteiger partial charge in [-0.05, 0) is 49.0 Å². The van der Waals surface area contributed by atoms with Crippen LogP contribution in [0.2, 0.25) is 0 Å². The Labute approximate surface area is 155 Å². The van der Waals surface area contributed by atoms with Crippen molar-refractivity contribution in [2.75, 3.05) is 13.1 Å². The highest BCUT2D eigenvalue weighted by Crippen LogP contribution is 2.25. The molecule has 3 aromatic heterocycles. The molecular formula is C18H19N5O2S. The summed E-state index contributed by atoms with van der Waals surface area (Å²) in [7, 11) is 0. The van der Waals surface area contributed by atoms with E-state index in [1.165, 1.54) is 11.3 Å². The molecule has 1 saturated heterocycles. The highest BCUT2D eigenvalue weighted by atomic mass is 32.1. The first-order chi connectivity index (χ1) is 12.8. The monoisotopic (exact) mass is 369 g/mol. The van der Waals surface area contributed by atoms with Crippen molar-refractivity contribution in [3.05, 3.63) is 53.4 Å². The first-order valence-corrected chi connectivity index (χ1v) is 9.47. The number of likely N-dealkylation sites (tertiary alicyclic amines) is 1. The molecule has 4 heterocycles. The van der Waals surface area contributed by atoms with E-state index in [1.54, 1.807) is 12.4 Å². The first-order valence-electron chi connectivity index (χ1n) is 8.59. The van der Waals surface area contributed by atoms with Crippen molar-refractivity contribution < 1.29 is 9.32 Å². The highest BCUT2D eigenvalue weighted by molar-refractivity contribution is 7.13. The third kappa shape index (κ3) is 3.66. The van der Waals surface area contributed by atoms with Gasteiger partial charge in [-0.1, -0.05) is 17.3 Å². The van der Waals surface area contributed by atoms with Gasteiger partial charge in [0.15, 0.2) is 5.82 Å². The lowest BCUT2D eigenvalue weighted by atomic mass is 10.1. The Morgan fingerprint density at radius 1 is 1.31 bits per heavy atom. The van der Waals surface area contributed by atoms with E-state index in [4.69, 9.17) is 4.52 Å². The second-order valence-corrected chi connectivity index (χ2v) is 7.09. The van der Waals surface area contributed by atoms with E-state index in [2.05, 4.69) is 25.3 Å². The second-order valence-electron chi connectivity index (χ2n) is 6.14. The summed E-state index contributed by atoms with van der Waals surface area (Å²) in [5.41, 5.74) is 0.902. The molecule has 1 N–H and O–H groups in total. The number of rotatable bonds is 6. The third-order valence-electron chi connectivity index (χ3n) is 4.38. The lowest BCUT2D eigenvalue weighted by Gasteiger charge is -2.26. The van der Waals surface area contributed by atoms with Crippen LogP contribution in [0.4, 0.5) is 0 Å². The fourth-order valence-electron chi connectivity index (χ4n) is 3.15. The summed E-state index contributed by atoms with van der Waals surface area (Å²) in [6, 6.07) is 7.32. The van der Waals surface area contributed by atoms with Crippen LogP contribution in [-0.2, 0) is 11.3 Å². The van der Waals surface area contributed by atoms with Gasteiger partial charge in [0, 0.05) is 12.4 Å². The van der Waals surface area contributed by atoms with E-state index in [9.17, 15) is 4.79 Å². The zero-order valence-corrected chi connectivity index (χ0v) is 15.0. The van der Waals surface area contributed by atoms with Crippen LogP contribution in [0.1, 0.15) is 30.3 Å². The van der Waals surface area contributed by atoms with Gasteiger partial charge in [-0.25, -0.2) is 0 Å². The Bertz CT molecular complexity index is 844. The van der Waals surface area contributed by atoms with Crippen LogP contribution in [0, 0.1) is 0 Å². The third-order valence-corrected chi connectivity index (χ3v) is 5.23. The van der Waals surface area contributed by atoms with Crippen LogP contribution in [-0.4, -0.2) is 39.0 Å². The molecular weight excluding hydrogens is 350 g/mol. The fraction of sp³-hybridized carbons (Fsp3) is 0.333. The van der Waals surface area contributed by atoms with Gasteiger partial charge in [0.1, 0.15) is 6.04 Å². The minimum atomic E-state index is -0.338. The van der Waals surface area contributed by atoms with Crippen LogP contribution in [0.5, 0.6) is 0 Å². The Balaban J connectivity index is 1.45. The molecule has 1 atom stereocenters. The number of thiophene rings is 1. The number of nitrogens with one attached hydrogen (secondary N) is 1. The molecule has 0 spiro atoms. The van der Waals surface area contributed by atoms with Crippen molar-refractivity contribution in [2.45, 2.75) is 25.4 Å². The summed E-state index contributed by atoms with van der Waals surface area (Å²) < 4.78 is 5.26. The van der Waals surface area contributed by atoms with Gasteiger partial charge in [-0.15, -0.1) is 11.3 Å². The molecule has 134 valence electrons. The van der Waals surface area contributed by atoms with E-state index in [0.717, 1.165) is 36.4 Å². The molecule has 1 aliphatic heterocycles. The Morgan fingerprint density at radius 3 is 2.92 bits per heavy atom. The number of hydrogen-bond acceptors (Lipinski definition) is 7. The van der Waals surface area contributed by atoms with E-state index < -0.39 is 0 Å². The van der Waals surface area contributed by atoms with Crippen molar-refractivity contribution in [1.82, 2.24) is 25.3 Å². The number of nitrogens with zero attached hydrogens (tertiary/aromatic N) is 4. The molecule has 4 rings (SSSR count). The second kappa shape index (κ2) is 7.76. The summed E-state index contributed by atoms with van der Waals surface area (Å²) >= 11 is 1.54. The molecule has 7 nitrogen and oxygen atoms in total. The van der Waals surface area contributed by atoms with E-state index in [1.807, 2.05) is 29.6 Å². The number of hydrogen-bond donors (Lipinski definition) is 1. The molecule has 0 saturated carbocycles. The number of carbonyl (C=O) groups excluding carboxylic acids is 1. The maximum absolute atomic E-state index is 12.9. The molecule has 1 aliphatic rings. The van der Waals surface area contributed by atoms with E-state index >= 15 is 0 Å². The molecule has 8 heteroatoms. The maximum atomic E-state index is 12.9. The first kappa shape index (κ1) is 16.9. The van der Waals surface area contributed by atoms with Gasteiger partial charge >= 0.3 is 0 Å². The van der Waals surface area contributed by atoms with E-state index in [-0.39, 0.29) is 18.5 Å². The van der Waals surface area contributed by atoms with Crippen molar-refractivity contribution in [2.24, 2.45) is 0 Å². The summed E-state index contributed by atoms with van der Waals surface area (Å²) in [6.07, 6.45) is 5.69. The maximum Gasteiger partial charge on any atom is 0.268 e. The average Bonchev–Trinajstić information content (AvgIpc) is 3.42. The van der Waals surface area contributed by atoms with Gasteiger partial charge in [0.05, 0.1) is 11.4 Å². The molecule has 3 aromatic rings. The minimum Gasteiger partial charge on any atom is -0.347 e. The van der Waals surface area contributed by atoms with Gasteiger partial charge in [0.25, 0.3) is 5.89 Å². The molecule has 1 fully saturated rings. The van der Waals surface area contributed by atoms with Crippen molar-refractivity contribution in [1.29, 1.82) is 0 Å². The number of pyridine rings is 1. The van der Waals surface area contributed by atoms with Crippen molar-refractivity contribution in [3.8, 4) is 10.8 Å². The van der Waals surface area contributed by atoms with Crippen LogP contribution in [0.15, 0.2) is 46.6 Å². The molecule has 1 amide bonds. The van der Waals surface area contributed by atoms with Crippen molar-refractivity contribution in [3.63, 3.8) is 0 Å². The SMILES string of the molecule is O=C(NCc1noc(-c2cccs2)n1)[C@@H](c1cccnc1)N1CCCC1. The Hall–Kier alpha value is -2.58. The van der Waals surface area contributed by atoms with E-state index in [0.29, 0.717) is 11.7 Å². The Morgan fingerprint density at radius 2 is 2.19 bits per heavy atom. The topological polar surface area (TPSA) is 84.2 Å². The lowest BCUT2D eigenvalue weighted by molar-refractivity contribution is -0.126.